The van der Waals surface area contributed by atoms with Gasteiger partial charge in [-0.1, -0.05) is 6.07 Å². The topological polar surface area (TPSA) is 52.5 Å². The molecule has 0 saturated heterocycles. The molecule has 88 valence electrons. The maximum absolute atomic E-state index is 9.00. The lowest BCUT2D eigenvalue weighted by molar-refractivity contribution is 0.204. The number of rotatable bonds is 4. The fraction of sp³-hybridized carbons (Fsp3) is 0.538. The van der Waals surface area contributed by atoms with E-state index in [1.165, 1.54) is 30.4 Å². The highest BCUT2D eigenvalue weighted by molar-refractivity contribution is 5.50. The highest BCUT2D eigenvalue weighted by Crippen LogP contribution is 2.24. The molecule has 1 aromatic carbocycles. The first-order valence-corrected chi connectivity index (χ1v) is 5.93. The van der Waals surface area contributed by atoms with E-state index in [4.69, 9.17) is 10.2 Å². The summed E-state index contributed by atoms with van der Waals surface area (Å²) in [5, 5.41) is 21.1. The van der Waals surface area contributed by atoms with Crippen molar-refractivity contribution in [2.24, 2.45) is 0 Å². The van der Waals surface area contributed by atoms with Crippen LogP contribution in [-0.2, 0) is 12.8 Å². The lowest BCUT2D eigenvalue weighted by Gasteiger charge is -2.19. The zero-order valence-corrected chi connectivity index (χ0v) is 9.45. The third-order valence-corrected chi connectivity index (χ3v) is 3.16. The summed E-state index contributed by atoms with van der Waals surface area (Å²) in [5.74, 6) is 0. The molecule has 0 aromatic heterocycles. The van der Waals surface area contributed by atoms with Crippen molar-refractivity contribution < 1.29 is 10.2 Å². The lowest BCUT2D eigenvalue weighted by atomic mass is 9.91. The number of aliphatic hydroxyl groups is 2. The van der Waals surface area contributed by atoms with E-state index in [9.17, 15) is 0 Å². The van der Waals surface area contributed by atoms with E-state index in [1.54, 1.807) is 0 Å². The first-order chi connectivity index (χ1) is 7.83. The molecule has 3 N–H and O–H groups in total. The second kappa shape index (κ2) is 5.32. The largest absolute Gasteiger partial charge is 0.394 e. The molecular weight excluding hydrogens is 202 g/mol. The van der Waals surface area contributed by atoms with Gasteiger partial charge in [0.1, 0.15) is 0 Å². The van der Waals surface area contributed by atoms with Crippen LogP contribution >= 0.6 is 0 Å². The summed E-state index contributed by atoms with van der Waals surface area (Å²) < 4.78 is 0. The van der Waals surface area contributed by atoms with Crippen molar-refractivity contribution in [3.8, 4) is 0 Å². The van der Waals surface area contributed by atoms with Crippen molar-refractivity contribution in [2.45, 2.75) is 31.7 Å². The molecule has 0 unspecified atom stereocenters. The van der Waals surface area contributed by atoms with Crippen LogP contribution in [0.25, 0.3) is 0 Å². The first kappa shape index (κ1) is 11.4. The predicted octanol–water partition coefficient (Wildman–Crippen LogP) is 1.33. The van der Waals surface area contributed by atoms with Gasteiger partial charge in [-0.15, -0.1) is 0 Å². The molecule has 0 saturated carbocycles. The second-order valence-corrected chi connectivity index (χ2v) is 4.40. The van der Waals surface area contributed by atoms with Crippen LogP contribution < -0.4 is 5.32 Å². The number of hydrogen-bond acceptors (Lipinski definition) is 3. The Morgan fingerprint density at radius 2 is 1.75 bits per heavy atom. The van der Waals surface area contributed by atoms with Crippen LogP contribution in [0.15, 0.2) is 18.2 Å². The SMILES string of the molecule is OCC(CO)Nc1ccc2c(c1)CCCC2. The standard InChI is InChI=1S/C13H19NO2/c15-8-13(9-16)14-12-6-5-10-3-1-2-4-11(10)7-12/h5-7,13-16H,1-4,8-9H2. The van der Waals surface area contributed by atoms with E-state index in [2.05, 4.69) is 17.4 Å². The molecule has 0 radical (unpaired) electrons. The van der Waals surface area contributed by atoms with Gasteiger partial charge in [0.2, 0.25) is 0 Å². The van der Waals surface area contributed by atoms with Gasteiger partial charge >= 0.3 is 0 Å². The first-order valence-electron chi connectivity index (χ1n) is 5.93. The predicted molar refractivity (Wildman–Crippen MR) is 64.7 cm³/mol. The Kier molecular flexibility index (Phi) is 3.80. The van der Waals surface area contributed by atoms with Gasteiger partial charge in [-0.05, 0) is 48.9 Å². The molecule has 1 aliphatic carbocycles. The van der Waals surface area contributed by atoms with Crippen molar-refractivity contribution in [2.75, 3.05) is 18.5 Å². The smallest absolute Gasteiger partial charge is 0.0723 e. The molecule has 0 bridgehead atoms. The zero-order valence-electron chi connectivity index (χ0n) is 9.45. The summed E-state index contributed by atoms with van der Waals surface area (Å²) in [4.78, 5) is 0. The summed E-state index contributed by atoms with van der Waals surface area (Å²) >= 11 is 0. The molecule has 1 aromatic rings. The van der Waals surface area contributed by atoms with Gasteiger partial charge in [-0.2, -0.15) is 0 Å². The number of aliphatic hydroxyl groups excluding tert-OH is 2. The van der Waals surface area contributed by atoms with E-state index < -0.39 is 0 Å². The minimum atomic E-state index is -0.262. The lowest BCUT2D eigenvalue weighted by Crippen LogP contribution is -2.27. The normalized spacial score (nSPS) is 14.9. The number of fused-ring (bicyclic) bond motifs is 1. The van der Waals surface area contributed by atoms with E-state index in [-0.39, 0.29) is 19.3 Å². The average Bonchev–Trinajstić information content (AvgIpc) is 2.35. The number of benzene rings is 1. The Morgan fingerprint density at radius 3 is 2.44 bits per heavy atom. The zero-order chi connectivity index (χ0) is 11.4. The average molecular weight is 221 g/mol. The number of aryl methyl sites for hydroxylation is 2. The van der Waals surface area contributed by atoms with Crippen LogP contribution in [0.3, 0.4) is 0 Å². The number of hydrogen-bond donors (Lipinski definition) is 3. The monoisotopic (exact) mass is 221 g/mol. The summed E-state index contributed by atoms with van der Waals surface area (Å²) in [6.07, 6.45) is 4.88. The van der Waals surface area contributed by atoms with E-state index in [0.717, 1.165) is 12.1 Å². The molecule has 0 atom stereocenters. The van der Waals surface area contributed by atoms with E-state index in [1.807, 2.05) is 6.07 Å². The van der Waals surface area contributed by atoms with Crippen molar-refractivity contribution in [3.63, 3.8) is 0 Å². The molecule has 3 heteroatoms. The third-order valence-electron chi connectivity index (χ3n) is 3.16. The maximum Gasteiger partial charge on any atom is 0.0723 e. The van der Waals surface area contributed by atoms with Crippen LogP contribution in [0.1, 0.15) is 24.0 Å². The summed E-state index contributed by atoms with van der Waals surface area (Å²) in [5.41, 5.74) is 3.85. The van der Waals surface area contributed by atoms with Crippen molar-refractivity contribution in [1.29, 1.82) is 0 Å². The molecule has 1 aliphatic rings. The highest BCUT2D eigenvalue weighted by Gasteiger charge is 2.11. The van der Waals surface area contributed by atoms with Crippen molar-refractivity contribution in [1.82, 2.24) is 0 Å². The number of nitrogens with one attached hydrogen (secondary N) is 1. The van der Waals surface area contributed by atoms with Crippen LogP contribution in [0.5, 0.6) is 0 Å². The molecule has 3 nitrogen and oxygen atoms in total. The Morgan fingerprint density at radius 1 is 1.06 bits per heavy atom. The summed E-state index contributed by atoms with van der Waals surface area (Å²) in [7, 11) is 0. The minimum absolute atomic E-state index is 0.0480. The van der Waals surface area contributed by atoms with Gasteiger partial charge in [0.15, 0.2) is 0 Å². The molecule has 0 amide bonds. The van der Waals surface area contributed by atoms with Gasteiger partial charge in [0, 0.05) is 5.69 Å². The Hall–Kier alpha value is -1.06. The van der Waals surface area contributed by atoms with Crippen molar-refractivity contribution in [3.05, 3.63) is 29.3 Å². The van der Waals surface area contributed by atoms with E-state index in [0.29, 0.717) is 0 Å². The van der Waals surface area contributed by atoms with Gasteiger partial charge in [0.25, 0.3) is 0 Å². The third kappa shape index (κ3) is 2.54. The summed E-state index contributed by atoms with van der Waals surface area (Å²) in [6, 6.07) is 6.07. The molecular formula is C13H19NO2. The molecule has 16 heavy (non-hydrogen) atoms. The van der Waals surface area contributed by atoms with Crippen LogP contribution in [-0.4, -0.2) is 29.5 Å². The minimum Gasteiger partial charge on any atom is -0.394 e. The Bertz CT molecular complexity index is 348. The molecule has 0 heterocycles. The van der Waals surface area contributed by atoms with Crippen LogP contribution in [0.2, 0.25) is 0 Å². The quantitative estimate of drug-likeness (QED) is 0.719. The van der Waals surface area contributed by atoms with Gasteiger partial charge in [-0.25, -0.2) is 0 Å². The number of anilines is 1. The van der Waals surface area contributed by atoms with Crippen molar-refractivity contribution >= 4 is 5.69 Å². The fourth-order valence-electron chi connectivity index (χ4n) is 2.21. The molecule has 2 rings (SSSR count). The van der Waals surface area contributed by atoms with Gasteiger partial charge in [0.05, 0.1) is 19.3 Å². The molecule has 0 aliphatic heterocycles. The molecule has 0 spiro atoms. The van der Waals surface area contributed by atoms with Crippen LogP contribution in [0, 0.1) is 0 Å². The Labute approximate surface area is 96.1 Å². The Balaban J connectivity index is 2.10. The second-order valence-electron chi connectivity index (χ2n) is 4.40. The van der Waals surface area contributed by atoms with Gasteiger partial charge < -0.3 is 15.5 Å². The van der Waals surface area contributed by atoms with E-state index >= 15 is 0 Å². The molecule has 0 fully saturated rings. The van der Waals surface area contributed by atoms with Crippen LogP contribution in [0.4, 0.5) is 5.69 Å². The fourth-order valence-corrected chi connectivity index (χ4v) is 2.21. The maximum atomic E-state index is 9.00. The highest BCUT2D eigenvalue weighted by atomic mass is 16.3. The summed E-state index contributed by atoms with van der Waals surface area (Å²) in [6.45, 7) is -0.0961. The van der Waals surface area contributed by atoms with Gasteiger partial charge in [-0.3, -0.25) is 0 Å².